The Morgan fingerprint density at radius 1 is 1.13 bits per heavy atom. The van der Waals surface area contributed by atoms with Gasteiger partial charge in [0.25, 0.3) is 0 Å². The minimum atomic E-state index is -0.0455. The molecule has 4 aliphatic rings. The predicted octanol–water partition coefficient (Wildman–Crippen LogP) is 4.23. The molecule has 1 aromatic carbocycles. The van der Waals surface area contributed by atoms with E-state index in [0.717, 1.165) is 23.3 Å². The molecule has 0 radical (unpaired) electrons. The van der Waals surface area contributed by atoms with Gasteiger partial charge in [0.2, 0.25) is 0 Å². The molecule has 2 amide bonds. The van der Waals surface area contributed by atoms with Crippen LogP contribution < -0.4 is 10.6 Å². The van der Waals surface area contributed by atoms with Gasteiger partial charge in [-0.15, -0.1) is 0 Å². The third kappa shape index (κ3) is 3.15. The zero-order chi connectivity index (χ0) is 15.9. The second-order valence-corrected chi connectivity index (χ2v) is 8.04. The average Bonchev–Trinajstić information content (AvgIpc) is 2.45. The average molecular weight is 310 g/mol. The molecule has 1 aromatic rings. The molecule has 4 saturated carbocycles. The van der Waals surface area contributed by atoms with Gasteiger partial charge in [-0.05, 0) is 74.8 Å². The van der Waals surface area contributed by atoms with Crippen LogP contribution in [-0.2, 0) is 0 Å². The molecular weight excluding hydrogens is 284 g/mol. The van der Waals surface area contributed by atoms with Crippen molar-refractivity contribution in [2.75, 3.05) is 0 Å². The SMILES string of the molecule is Cc1cccc(/C=C/NC(=O)NC23CC4CC(CC(C4)C2)C3)c1. The molecule has 0 heterocycles. The molecule has 0 aromatic heterocycles. The van der Waals surface area contributed by atoms with Crippen molar-refractivity contribution in [2.24, 2.45) is 17.8 Å². The van der Waals surface area contributed by atoms with Gasteiger partial charge < -0.3 is 10.6 Å². The molecular formula is C20H26N2O. The summed E-state index contributed by atoms with van der Waals surface area (Å²) in [7, 11) is 0. The van der Waals surface area contributed by atoms with Gasteiger partial charge in [-0.3, -0.25) is 0 Å². The van der Waals surface area contributed by atoms with Crippen LogP contribution in [0.5, 0.6) is 0 Å². The van der Waals surface area contributed by atoms with Crippen LogP contribution in [0.2, 0.25) is 0 Å². The molecule has 3 heteroatoms. The molecule has 5 rings (SSSR count). The van der Waals surface area contributed by atoms with Crippen molar-refractivity contribution in [1.29, 1.82) is 0 Å². The minimum Gasteiger partial charge on any atom is -0.332 e. The maximum atomic E-state index is 12.3. The number of hydrogen-bond donors (Lipinski definition) is 2. The number of rotatable bonds is 3. The van der Waals surface area contributed by atoms with E-state index in [1.165, 1.54) is 44.1 Å². The number of amides is 2. The van der Waals surface area contributed by atoms with E-state index in [-0.39, 0.29) is 11.6 Å². The lowest BCUT2D eigenvalue weighted by atomic mass is 9.53. The normalized spacial score (nSPS) is 34.7. The van der Waals surface area contributed by atoms with E-state index >= 15 is 0 Å². The lowest BCUT2D eigenvalue weighted by Crippen LogP contribution is -2.61. The van der Waals surface area contributed by atoms with Gasteiger partial charge in [0.15, 0.2) is 0 Å². The van der Waals surface area contributed by atoms with Crippen molar-refractivity contribution in [3.05, 3.63) is 41.6 Å². The van der Waals surface area contributed by atoms with Gasteiger partial charge in [0.05, 0.1) is 0 Å². The molecule has 4 fully saturated rings. The number of aryl methyl sites for hydroxylation is 1. The fourth-order valence-electron chi connectivity index (χ4n) is 5.53. The van der Waals surface area contributed by atoms with Gasteiger partial charge >= 0.3 is 6.03 Å². The largest absolute Gasteiger partial charge is 0.332 e. The summed E-state index contributed by atoms with van der Waals surface area (Å²) >= 11 is 0. The fraction of sp³-hybridized carbons (Fsp3) is 0.550. The zero-order valence-electron chi connectivity index (χ0n) is 13.8. The zero-order valence-corrected chi connectivity index (χ0v) is 13.8. The summed E-state index contributed by atoms with van der Waals surface area (Å²) in [6.07, 6.45) is 11.5. The number of carbonyl (C=O) groups excluding carboxylic acids is 1. The van der Waals surface area contributed by atoms with Crippen LogP contribution in [0.25, 0.3) is 6.08 Å². The summed E-state index contributed by atoms with van der Waals surface area (Å²) < 4.78 is 0. The summed E-state index contributed by atoms with van der Waals surface area (Å²) in [5, 5.41) is 6.22. The van der Waals surface area contributed by atoms with Gasteiger partial charge in [-0.1, -0.05) is 29.8 Å². The molecule has 0 atom stereocenters. The Morgan fingerprint density at radius 2 is 1.78 bits per heavy atom. The molecule has 2 N–H and O–H groups in total. The molecule has 23 heavy (non-hydrogen) atoms. The Morgan fingerprint density at radius 3 is 2.39 bits per heavy atom. The van der Waals surface area contributed by atoms with Crippen molar-refractivity contribution in [1.82, 2.24) is 10.6 Å². The second-order valence-electron chi connectivity index (χ2n) is 8.04. The Bertz CT molecular complexity index is 599. The lowest BCUT2D eigenvalue weighted by molar-refractivity contribution is -0.0133. The lowest BCUT2D eigenvalue weighted by Gasteiger charge is -2.56. The highest BCUT2D eigenvalue weighted by molar-refractivity contribution is 5.76. The smallest absolute Gasteiger partial charge is 0.319 e. The van der Waals surface area contributed by atoms with E-state index in [9.17, 15) is 4.79 Å². The van der Waals surface area contributed by atoms with Crippen molar-refractivity contribution in [3.63, 3.8) is 0 Å². The van der Waals surface area contributed by atoms with Crippen molar-refractivity contribution < 1.29 is 4.79 Å². The van der Waals surface area contributed by atoms with Gasteiger partial charge in [0, 0.05) is 11.7 Å². The molecule has 4 bridgehead atoms. The highest BCUT2D eigenvalue weighted by atomic mass is 16.2. The third-order valence-corrected chi connectivity index (χ3v) is 5.95. The van der Waals surface area contributed by atoms with Gasteiger partial charge in [-0.2, -0.15) is 0 Å². The molecule has 0 spiro atoms. The molecule has 0 saturated heterocycles. The Labute approximate surface area is 138 Å². The van der Waals surface area contributed by atoms with Crippen LogP contribution in [0.15, 0.2) is 30.5 Å². The summed E-state index contributed by atoms with van der Waals surface area (Å²) in [5.41, 5.74) is 2.42. The number of carbonyl (C=O) groups is 1. The van der Waals surface area contributed by atoms with Gasteiger partial charge in [-0.25, -0.2) is 4.79 Å². The van der Waals surface area contributed by atoms with E-state index in [1.807, 2.05) is 18.2 Å². The molecule has 3 nitrogen and oxygen atoms in total. The van der Waals surface area contributed by atoms with Crippen LogP contribution in [-0.4, -0.2) is 11.6 Å². The maximum Gasteiger partial charge on any atom is 0.319 e. The summed E-state index contributed by atoms with van der Waals surface area (Å²) in [6.45, 7) is 2.07. The first kappa shape index (κ1) is 14.8. The summed E-state index contributed by atoms with van der Waals surface area (Å²) in [6, 6.07) is 8.21. The van der Waals surface area contributed by atoms with Crippen LogP contribution in [0, 0.1) is 24.7 Å². The van der Waals surface area contributed by atoms with E-state index in [2.05, 4.69) is 29.7 Å². The number of hydrogen-bond acceptors (Lipinski definition) is 1. The van der Waals surface area contributed by atoms with E-state index in [1.54, 1.807) is 6.20 Å². The van der Waals surface area contributed by atoms with Crippen LogP contribution in [0.1, 0.15) is 49.7 Å². The van der Waals surface area contributed by atoms with Gasteiger partial charge in [0.1, 0.15) is 0 Å². The maximum absolute atomic E-state index is 12.3. The molecule has 0 aliphatic heterocycles. The van der Waals surface area contributed by atoms with Crippen molar-refractivity contribution in [2.45, 2.75) is 51.0 Å². The van der Waals surface area contributed by atoms with E-state index < -0.39 is 0 Å². The Balaban J connectivity index is 1.35. The highest BCUT2D eigenvalue weighted by Gasteiger charge is 2.51. The van der Waals surface area contributed by atoms with Crippen LogP contribution in [0.3, 0.4) is 0 Å². The molecule has 122 valence electrons. The molecule has 0 unspecified atom stereocenters. The topological polar surface area (TPSA) is 41.1 Å². The Kier molecular flexibility index (Phi) is 3.67. The summed E-state index contributed by atoms with van der Waals surface area (Å²) in [4.78, 5) is 12.3. The highest BCUT2D eigenvalue weighted by Crippen LogP contribution is 2.55. The van der Waals surface area contributed by atoms with E-state index in [0.29, 0.717) is 0 Å². The predicted molar refractivity (Wildman–Crippen MR) is 92.8 cm³/mol. The second kappa shape index (κ2) is 5.70. The van der Waals surface area contributed by atoms with Crippen LogP contribution >= 0.6 is 0 Å². The first-order valence-corrected chi connectivity index (χ1v) is 8.92. The van der Waals surface area contributed by atoms with Crippen molar-refractivity contribution in [3.8, 4) is 0 Å². The first-order valence-electron chi connectivity index (χ1n) is 8.92. The quantitative estimate of drug-likeness (QED) is 0.861. The monoisotopic (exact) mass is 310 g/mol. The third-order valence-electron chi connectivity index (χ3n) is 5.95. The first-order chi connectivity index (χ1) is 11.1. The van der Waals surface area contributed by atoms with Crippen LogP contribution in [0.4, 0.5) is 4.79 Å². The minimum absolute atomic E-state index is 0.0455. The number of benzene rings is 1. The standard InChI is InChI=1S/C20H26N2O/c1-14-3-2-4-15(7-14)5-6-21-19(23)22-20-11-16-8-17(12-20)10-18(9-16)13-20/h2-7,16-18H,8-13H2,1H3,(H2,21,22,23)/b6-5+. The fourth-order valence-corrected chi connectivity index (χ4v) is 5.53. The Hall–Kier alpha value is -1.77. The molecule has 4 aliphatic carbocycles. The number of nitrogens with one attached hydrogen (secondary N) is 2. The summed E-state index contributed by atoms with van der Waals surface area (Å²) in [5.74, 6) is 2.55. The van der Waals surface area contributed by atoms with E-state index in [4.69, 9.17) is 0 Å². The van der Waals surface area contributed by atoms with Crippen molar-refractivity contribution >= 4 is 12.1 Å². The number of urea groups is 1.